The highest BCUT2D eigenvalue weighted by Crippen LogP contribution is 2.11. The van der Waals surface area contributed by atoms with Gasteiger partial charge in [0.25, 0.3) is 0 Å². The number of ether oxygens (including phenoxy) is 2. The summed E-state index contributed by atoms with van der Waals surface area (Å²) in [4.78, 5) is 14.6. The minimum absolute atomic E-state index is 0.0337. The molecule has 1 unspecified atom stereocenters. The predicted molar refractivity (Wildman–Crippen MR) is 72.7 cm³/mol. The standard InChI is InChI=1S/C11H20N6O2/c1-12-9-14-10(16-11(15-9)17(2)3)13-6-8-7-18-4-5-19-8/h8H,4-7H2,1-3H3,(H2,12,13,14,15,16). The summed E-state index contributed by atoms with van der Waals surface area (Å²) < 4.78 is 10.9. The van der Waals surface area contributed by atoms with Gasteiger partial charge in [0.2, 0.25) is 17.8 Å². The van der Waals surface area contributed by atoms with Crippen LogP contribution in [0, 0.1) is 0 Å². The molecule has 8 nitrogen and oxygen atoms in total. The van der Waals surface area contributed by atoms with Gasteiger partial charge in [-0.15, -0.1) is 0 Å². The zero-order chi connectivity index (χ0) is 13.7. The van der Waals surface area contributed by atoms with Crippen molar-refractivity contribution >= 4 is 17.8 Å². The molecule has 0 radical (unpaired) electrons. The molecule has 1 atom stereocenters. The van der Waals surface area contributed by atoms with Gasteiger partial charge in [-0.1, -0.05) is 0 Å². The topological polar surface area (TPSA) is 84.4 Å². The molecule has 106 valence electrons. The first-order valence-corrected chi connectivity index (χ1v) is 6.23. The van der Waals surface area contributed by atoms with Crippen LogP contribution in [0.2, 0.25) is 0 Å². The van der Waals surface area contributed by atoms with Crippen molar-refractivity contribution in [3.8, 4) is 0 Å². The Kier molecular flexibility index (Phi) is 4.69. The zero-order valence-electron chi connectivity index (χ0n) is 11.5. The third-order valence-electron chi connectivity index (χ3n) is 2.62. The SMILES string of the molecule is CNc1nc(NCC2COCCO2)nc(N(C)C)n1. The van der Waals surface area contributed by atoms with Crippen LogP contribution < -0.4 is 15.5 Å². The molecule has 2 N–H and O–H groups in total. The van der Waals surface area contributed by atoms with Gasteiger partial charge >= 0.3 is 0 Å². The minimum Gasteiger partial charge on any atom is -0.376 e. The van der Waals surface area contributed by atoms with Crippen molar-refractivity contribution in [2.24, 2.45) is 0 Å². The maximum absolute atomic E-state index is 5.55. The second kappa shape index (κ2) is 6.48. The second-order valence-corrected chi connectivity index (χ2v) is 4.38. The Morgan fingerprint density at radius 3 is 2.63 bits per heavy atom. The van der Waals surface area contributed by atoms with Crippen LogP contribution >= 0.6 is 0 Å². The number of aromatic nitrogens is 3. The van der Waals surface area contributed by atoms with Crippen molar-refractivity contribution in [2.45, 2.75) is 6.10 Å². The van der Waals surface area contributed by atoms with Crippen LogP contribution in [0.3, 0.4) is 0 Å². The smallest absolute Gasteiger partial charge is 0.231 e. The monoisotopic (exact) mass is 268 g/mol. The summed E-state index contributed by atoms with van der Waals surface area (Å²) in [6, 6.07) is 0. The first kappa shape index (κ1) is 13.8. The highest BCUT2D eigenvalue weighted by Gasteiger charge is 2.15. The summed E-state index contributed by atoms with van der Waals surface area (Å²) >= 11 is 0. The van der Waals surface area contributed by atoms with E-state index in [1.165, 1.54) is 0 Å². The van der Waals surface area contributed by atoms with E-state index in [2.05, 4.69) is 25.6 Å². The summed E-state index contributed by atoms with van der Waals surface area (Å²) in [7, 11) is 5.55. The van der Waals surface area contributed by atoms with E-state index in [1.54, 1.807) is 7.05 Å². The lowest BCUT2D eigenvalue weighted by atomic mass is 10.3. The number of hydrogen-bond acceptors (Lipinski definition) is 8. The van der Waals surface area contributed by atoms with Crippen LogP contribution in [0.1, 0.15) is 0 Å². The van der Waals surface area contributed by atoms with E-state index < -0.39 is 0 Å². The molecule has 1 saturated heterocycles. The average molecular weight is 268 g/mol. The quantitative estimate of drug-likeness (QED) is 0.760. The maximum atomic E-state index is 5.55. The van der Waals surface area contributed by atoms with E-state index >= 15 is 0 Å². The average Bonchev–Trinajstić information content (AvgIpc) is 2.45. The van der Waals surface area contributed by atoms with Gasteiger partial charge in [-0.3, -0.25) is 0 Å². The third-order valence-corrected chi connectivity index (χ3v) is 2.62. The van der Waals surface area contributed by atoms with Crippen LogP contribution in [0.5, 0.6) is 0 Å². The Hall–Kier alpha value is -1.67. The van der Waals surface area contributed by atoms with Gasteiger partial charge in [-0.25, -0.2) is 0 Å². The second-order valence-electron chi connectivity index (χ2n) is 4.38. The summed E-state index contributed by atoms with van der Waals surface area (Å²) in [5, 5.41) is 6.07. The fourth-order valence-corrected chi connectivity index (χ4v) is 1.62. The maximum Gasteiger partial charge on any atom is 0.231 e. The van der Waals surface area contributed by atoms with E-state index in [9.17, 15) is 0 Å². The molecule has 19 heavy (non-hydrogen) atoms. The van der Waals surface area contributed by atoms with Gasteiger partial charge in [0.15, 0.2) is 0 Å². The molecular formula is C11H20N6O2. The number of anilines is 3. The normalized spacial score (nSPS) is 19.0. The fourth-order valence-electron chi connectivity index (χ4n) is 1.62. The van der Waals surface area contributed by atoms with Crippen LogP contribution in [0.4, 0.5) is 17.8 Å². The van der Waals surface area contributed by atoms with Crippen LogP contribution in [0.25, 0.3) is 0 Å². The molecule has 1 fully saturated rings. The van der Waals surface area contributed by atoms with E-state index in [-0.39, 0.29) is 6.10 Å². The Labute approximate surface area is 112 Å². The van der Waals surface area contributed by atoms with Crippen molar-refractivity contribution in [3.05, 3.63) is 0 Å². The molecule has 1 aromatic heterocycles. The first-order valence-electron chi connectivity index (χ1n) is 6.23. The molecule has 1 aromatic rings. The van der Waals surface area contributed by atoms with E-state index in [1.807, 2.05) is 19.0 Å². The number of nitrogens with one attached hydrogen (secondary N) is 2. The molecule has 0 saturated carbocycles. The lowest BCUT2D eigenvalue weighted by Crippen LogP contribution is -2.34. The molecule has 2 heterocycles. The Balaban J connectivity index is 2.00. The first-order chi connectivity index (χ1) is 9.19. The number of hydrogen-bond donors (Lipinski definition) is 2. The predicted octanol–water partition coefficient (Wildman–Crippen LogP) is -0.193. The third kappa shape index (κ3) is 3.90. The van der Waals surface area contributed by atoms with Gasteiger partial charge in [0.1, 0.15) is 0 Å². The lowest BCUT2D eigenvalue weighted by molar-refractivity contribution is -0.0819. The molecule has 0 bridgehead atoms. The van der Waals surface area contributed by atoms with E-state index in [0.717, 1.165) is 0 Å². The zero-order valence-corrected chi connectivity index (χ0v) is 11.5. The van der Waals surface area contributed by atoms with Gasteiger partial charge in [-0.05, 0) is 0 Å². The molecule has 0 amide bonds. The summed E-state index contributed by atoms with van der Waals surface area (Å²) in [5.74, 6) is 1.65. The van der Waals surface area contributed by atoms with Crippen molar-refractivity contribution in [2.75, 3.05) is 63.0 Å². The summed E-state index contributed by atoms with van der Waals surface area (Å²) in [5.41, 5.74) is 0. The molecule has 1 aliphatic heterocycles. The van der Waals surface area contributed by atoms with E-state index in [4.69, 9.17) is 9.47 Å². The van der Waals surface area contributed by atoms with Gasteiger partial charge < -0.3 is 25.0 Å². The van der Waals surface area contributed by atoms with Gasteiger partial charge in [0.05, 0.1) is 25.9 Å². The van der Waals surface area contributed by atoms with Gasteiger partial charge in [-0.2, -0.15) is 15.0 Å². The van der Waals surface area contributed by atoms with Crippen LogP contribution in [-0.4, -0.2) is 68.6 Å². The Bertz CT molecular complexity index is 408. The Morgan fingerprint density at radius 1 is 1.21 bits per heavy atom. The molecule has 0 aliphatic carbocycles. The van der Waals surface area contributed by atoms with Crippen molar-refractivity contribution in [3.63, 3.8) is 0 Å². The Morgan fingerprint density at radius 2 is 2.00 bits per heavy atom. The highest BCUT2D eigenvalue weighted by atomic mass is 16.6. The van der Waals surface area contributed by atoms with Crippen LogP contribution in [-0.2, 0) is 9.47 Å². The molecule has 0 spiro atoms. The number of rotatable bonds is 5. The molecule has 0 aromatic carbocycles. The number of nitrogens with zero attached hydrogens (tertiary/aromatic N) is 4. The molecule has 8 heteroatoms. The summed E-state index contributed by atoms with van der Waals surface area (Å²) in [6.07, 6.45) is 0.0337. The lowest BCUT2D eigenvalue weighted by Gasteiger charge is -2.23. The highest BCUT2D eigenvalue weighted by molar-refractivity contribution is 5.42. The van der Waals surface area contributed by atoms with Gasteiger partial charge in [0, 0.05) is 27.7 Å². The fraction of sp³-hybridized carbons (Fsp3) is 0.727. The van der Waals surface area contributed by atoms with Crippen molar-refractivity contribution in [1.29, 1.82) is 0 Å². The molecule has 2 rings (SSSR count). The van der Waals surface area contributed by atoms with Crippen molar-refractivity contribution in [1.82, 2.24) is 15.0 Å². The minimum atomic E-state index is 0.0337. The molecule has 1 aliphatic rings. The summed E-state index contributed by atoms with van der Waals surface area (Å²) in [6.45, 7) is 2.50. The molecular weight excluding hydrogens is 248 g/mol. The van der Waals surface area contributed by atoms with Crippen LogP contribution in [0.15, 0.2) is 0 Å². The largest absolute Gasteiger partial charge is 0.376 e. The van der Waals surface area contributed by atoms with E-state index in [0.29, 0.717) is 44.2 Å². The van der Waals surface area contributed by atoms with Crippen molar-refractivity contribution < 1.29 is 9.47 Å².